The van der Waals surface area contributed by atoms with Gasteiger partial charge in [-0.3, -0.25) is 9.69 Å². The smallest absolute Gasteiger partial charge is 0.152 e. The Bertz CT molecular complexity index is 228. The van der Waals surface area contributed by atoms with Gasteiger partial charge in [0.15, 0.2) is 5.78 Å². The monoisotopic (exact) mass is 215 g/mol. The third-order valence-corrected chi connectivity index (χ3v) is 3.23. The van der Waals surface area contributed by atoms with Crippen LogP contribution in [-0.4, -0.2) is 35.5 Å². The first-order valence-electron chi connectivity index (χ1n) is 5.86. The van der Waals surface area contributed by atoms with E-state index in [4.69, 9.17) is 0 Å². The molecular weight excluding hydrogens is 193 g/mol. The van der Waals surface area contributed by atoms with Crippen molar-refractivity contribution in [3.05, 3.63) is 0 Å². The Morgan fingerprint density at radius 2 is 1.93 bits per heavy atom. The fourth-order valence-electron chi connectivity index (χ4n) is 2.52. The minimum atomic E-state index is -0.333. The third-order valence-electron chi connectivity index (χ3n) is 3.23. The van der Waals surface area contributed by atoms with Crippen molar-refractivity contribution in [2.24, 2.45) is 5.92 Å². The highest BCUT2D eigenvalue weighted by Gasteiger charge is 2.39. The van der Waals surface area contributed by atoms with Crippen LogP contribution in [0.1, 0.15) is 40.5 Å². The molecule has 0 unspecified atom stereocenters. The molecule has 1 saturated heterocycles. The fourth-order valence-corrected chi connectivity index (χ4v) is 2.52. The number of likely N-dealkylation sites (tertiary alicyclic amines) is 1. The van der Waals surface area contributed by atoms with Gasteiger partial charge in [0.25, 0.3) is 0 Å². The van der Waals surface area contributed by atoms with E-state index in [0.29, 0.717) is 0 Å². The molecular formula is C12H22FNO. The second-order valence-corrected chi connectivity index (χ2v) is 5.00. The van der Waals surface area contributed by atoms with E-state index in [1.165, 1.54) is 0 Å². The first-order valence-corrected chi connectivity index (χ1v) is 5.86. The molecule has 0 aromatic carbocycles. The minimum absolute atomic E-state index is 0.0438. The van der Waals surface area contributed by atoms with Crippen LogP contribution < -0.4 is 0 Å². The molecule has 0 spiro atoms. The van der Waals surface area contributed by atoms with Gasteiger partial charge < -0.3 is 0 Å². The van der Waals surface area contributed by atoms with Gasteiger partial charge >= 0.3 is 0 Å². The van der Waals surface area contributed by atoms with Gasteiger partial charge in [-0.05, 0) is 26.7 Å². The summed E-state index contributed by atoms with van der Waals surface area (Å²) in [6.07, 6.45) is 1.64. The Kier molecular flexibility index (Phi) is 4.26. The van der Waals surface area contributed by atoms with Crippen molar-refractivity contribution in [2.45, 2.75) is 58.7 Å². The predicted octanol–water partition coefficient (Wildman–Crippen LogP) is 2.42. The zero-order valence-electron chi connectivity index (χ0n) is 10.2. The molecule has 0 N–H and O–H groups in total. The average Bonchev–Trinajstić information content (AvgIpc) is 2.59. The molecule has 1 aliphatic heterocycles. The zero-order chi connectivity index (χ0) is 11.6. The largest absolute Gasteiger partial charge is 0.298 e. The van der Waals surface area contributed by atoms with Crippen molar-refractivity contribution >= 4 is 5.78 Å². The van der Waals surface area contributed by atoms with E-state index >= 15 is 0 Å². The average molecular weight is 215 g/mol. The number of hydrogen-bond donors (Lipinski definition) is 0. The maximum absolute atomic E-state index is 12.8. The molecule has 0 aromatic heterocycles. The molecule has 2 atom stereocenters. The Labute approximate surface area is 91.8 Å². The van der Waals surface area contributed by atoms with E-state index in [1.54, 1.807) is 0 Å². The molecule has 1 aliphatic rings. The van der Waals surface area contributed by atoms with Gasteiger partial charge in [-0.2, -0.15) is 0 Å². The van der Waals surface area contributed by atoms with E-state index in [-0.39, 0.29) is 36.5 Å². The fraction of sp³-hybridized carbons (Fsp3) is 0.917. The van der Waals surface area contributed by atoms with Crippen LogP contribution in [0.4, 0.5) is 4.39 Å². The number of halogens is 1. The minimum Gasteiger partial charge on any atom is -0.298 e. The van der Waals surface area contributed by atoms with Crippen LogP contribution in [0.15, 0.2) is 0 Å². The van der Waals surface area contributed by atoms with Crippen molar-refractivity contribution in [2.75, 3.05) is 6.67 Å². The molecule has 3 heteroatoms. The highest BCUT2D eigenvalue weighted by molar-refractivity contribution is 5.86. The van der Waals surface area contributed by atoms with Crippen LogP contribution in [0, 0.1) is 5.92 Å². The molecule has 1 rings (SSSR count). The molecule has 88 valence electrons. The molecule has 0 aliphatic carbocycles. The lowest BCUT2D eigenvalue weighted by Crippen LogP contribution is -2.47. The van der Waals surface area contributed by atoms with Crippen molar-refractivity contribution in [1.29, 1.82) is 0 Å². The number of carbonyl (C=O) groups is 1. The van der Waals surface area contributed by atoms with Crippen LogP contribution in [0.3, 0.4) is 0 Å². The molecule has 0 bridgehead atoms. The summed E-state index contributed by atoms with van der Waals surface area (Å²) < 4.78 is 12.8. The lowest BCUT2D eigenvalue weighted by molar-refractivity contribution is -0.127. The lowest BCUT2D eigenvalue weighted by atomic mass is 9.99. The Morgan fingerprint density at radius 3 is 2.33 bits per heavy atom. The van der Waals surface area contributed by atoms with Crippen LogP contribution in [0.2, 0.25) is 0 Å². The number of Topliss-reactive ketones (excluding diaryl/α,β-unsaturated/α-hetero) is 1. The standard InChI is InChI=1S/C12H22FNO/c1-8(2)12(15)11-6-5-10(7-13)14(11)9(3)4/h8-11H,5-7H2,1-4H3/t10-,11+/m1/s1. The van der Waals surface area contributed by atoms with Gasteiger partial charge in [0.1, 0.15) is 6.67 Å². The van der Waals surface area contributed by atoms with Crippen LogP contribution in [0.25, 0.3) is 0 Å². The van der Waals surface area contributed by atoms with Gasteiger partial charge in [-0.25, -0.2) is 4.39 Å². The lowest BCUT2D eigenvalue weighted by Gasteiger charge is -2.32. The summed E-state index contributed by atoms with van der Waals surface area (Å²) in [5.41, 5.74) is 0. The maximum Gasteiger partial charge on any atom is 0.152 e. The van der Waals surface area contributed by atoms with Crippen molar-refractivity contribution in [3.63, 3.8) is 0 Å². The second-order valence-electron chi connectivity index (χ2n) is 5.00. The van der Waals surface area contributed by atoms with E-state index in [2.05, 4.69) is 4.90 Å². The zero-order valence-corrected chi connectivity index (χ0v) is 10.2. The molecule has 1 heterocycles. The van der Waals surface area contributed by atoms with Crippen molar-refractivity contribution < 1.29 is 9.18 Å². The predicted molar refractivity (Wildman–Crippen MR) is 59.6 cm³/mol. The number of alkyl halides is 1. The van der Waals surface area contributed by atoms with Gasteiger partial charge in [0.2, 0.25) is 0 Å². The SMILES string of the molecule is CC(C)C(=O)[C@@H]1CC[C@H](CF)N1C(C)C. The second kappa shape index (κ2) is 5.06. The number of ketones is 1. The first-order chi connectivity index (χ1) is 6.99. The van der Waals surface area contributed by atoms with Gasteiger partial charge in [0, 0.05) is 18.0 Å². The normalized spacial score (nSPS) is 27.9. The highest BCUT2D eigenvalue weighted by atomic mass is 19.1. The van der Waals surface area contributed by atoms with E-state index in [1.807, 2.05) is 27.7 Å². The molecule has 0 saturated carbocycles. The summed E-state index contributed by atoms with van der Waals surface area (Å²) in [6, 6.07) is 0.157. The maximum atomic E-state index is 12.8. The number of rotatable bonds is 4. The summed E-state index contributed by atoms with van der Waals surface area (Å²) in [6.45, 7) is 7.58. The van der Waals surface area contributed by atoms with E-state index < -0.39 is 0 Å². The Balaban J connectivity index is 2.77. The quantitative estimate of drug-likeness (QED) is 0.718. The molecule has 0 radical (unpaired) electrons. The topological polar surface area (TPSA) is 20.3 Å². The van der Waals surface area contributed by atoms with Crippen molar-refractivity contribution in [3.8, 4) is 0 Å². The summed E-state index contributed by atoms with van der Waals surface area (Å²) in [7, 11) is 0. The molecule has 2 nitrogen and oxygen atoms in total. The molecule has 1 fully saturated rings. The molecule has 15 heavy (non-hydrogen) atoms. The van der Waals surface area contributed by atoms with Crippen LogP contribution >= 0.6 is 0 Å². The van der Waals surface area contributed by atoms with Gasteiger partial charge in [-0.1, -0.05) is 13.8 Å². The number of hydrogen-bond acceptors (Lipinski definition) is 2. The Morgan fingerprint density at radius 1 is 1.33 bits per heavy atom. The Hall–Kier alpha value is -0.440. The first kappa shape index (κ1) is 12.6. The summed E-state index contributed by atoms with van der Waals surface area (Å²) in [5.74, 6) is 0.314. The molecule has 0 amide bonds. The number of carbonyl (C=O) groups excluding carboxylic acids is 1. The van der Waals surface area contributed by atoms with Gasteiger partial charge in [0.05, 0.1) is 6.04 Å². The summed E-state index contributed by atoms with van der Waals surface area (Å²) in [4.78, 5) is 14.0. The number of nitrogens with zero attached hydrogens (tertiary/aromatic N) is 1. The van der Waals surface area contributed by atoms with Gasteiger partial charge in [-0.15, -0.1) is 0 Å². The van der Waals surface area contributed by atoms with Crippen LogP contribution in [-0.2, 0) is 4.79 Å². The van der Waals surface area contributed by atoms with Crippen LogP contribution in [0.5, 0.6) is 0 Å². The highest BCUT2D eigenvalue weighted by Crippen LogP contribution is 2.28. The van der Waals surface area contributed by atoms with E-state index in [9.17, 15) is 9.18 Å². The summed E-state index contributed by atoms with van der Waals surface area (Å²) >= 11 is 0. The van der Waals surface area contributed by atoms with Crippen molar-refractivity contribution in [1.82, 2.24) is 4.90 Å². The van der Waals surface area contributed by atoms with E-state index in [0.717, 1.165) is 12.8 Å². The summed E-state index contributed by atoms with van der Waals surface area (Å²) in [5, 5.41) is 0. The third kappa shape index (κ3) is 2.57. The molecule has 0 aromatic rings.